The first-order chi connectivity index (χ1) is 16.6. The first-order valence-electron chi connectivity index (χ1n) is 11.8. The van der Waals surface area contributed by atoms with Gasteiger partial charge in [0.05, 0.1) is 18.7 Å². The van der Waals surface area contributed by atoms with Gasteiger partial charge in [-0.25, -0.2) is 0 Å². The molecular formula is C26H32F3N5O. The average Bonchev–Trinajstić information content (AvgIpc) is 2.82. The van der Waals surface area contributed by atoms with Gasteiger partial charge in [0.15, 0.2) is 0 Å². The number of halogens is 3. The smallest absolute Gasteiger partial charge is 0.369 e. The number of hydrogen-bond acceptors (Lipinski definition) is 5. The van der Waals surface area contributed by atoms with Gasteiger partial charge in [0, 0.05) is 31.9 Å². The molecule has 1 aliphatic heterocycles. The fourth-order valence-corrected chi connectivity index (χ4v) is 4.54. The molecule has 3 rings (SSSR count). The Morgan fingerprint density at radius 2 is 1.63 bits per heavy atom. The molecule has 2 aromatic rings. The first kappa shape index (κ1) is 26.5. The summed E-state index contributed by atoms with van der Waals surface area (Å²) >= 11 is 0. The molecule has 0 aliphatic carbocycles. The summed E-state index contributed by atoms with van der Waals surface area (Å²) in [7, 11) is 0. The van der Waals surface area contributed by atoms with E-state index in [1.165, 1.54) is 12.1 Å². The Morgan fingerprint density at radius 3 is 2.09 bits per heavy atom. The largest absolute Gasteiger partial charge is 0.408 e. The van der Waals surface area contributed by atoms with Gasteiger partial charge in [-0.3, -0.25) is 9.69 Å². The van der Waals surface area contributed by atoms with Crippen molar-refractivity contribution < 1.29 is 18.0 Å². The van der Waals surface area contributed by atoms with Crippen LogP contribution in [0.25, 0.3) is 11.1 Å². The van der Waals surface area contributed by atoms with Crippen LogP contribution in [0.1, 0.15) is 31.9 Å². The van der Waals surface area contributed by atoms with Gasteiger partial charge in [-0.2, -0.15) is 18.4 Å². The number of nitrogens with two attached hydrogens (primary N) is 1. The fraction of sp³-hybridized carbons (Fsp3) is 0.462. The predicted octanol–water partition coefficient (Wildman–Crippen LogP) is 4.09. The Bertz CT molecular complexity index is 1010. The van der Waals surface area contributed by atoms with E-state index in [0.717, 1.165) is 47.9 Å². The van der Waals surface area contributed by atoms with E-state index in [9.17, 15) is 23.2 Å². The summed E-state index contributed by atoms with van der Waals surface area (Å²) in [5, 5.41) is 12.6. The molecular weight excluding hydrogens is 455 g/mol. The number of carbonyl (C=O) groups is 1. The average molecular weight is 488 g/mol. The molecule has 9 heteroatoms. The van der Waals surface area contributed by atoms with Crippen molar-refractivity contribution in [2.45, 2.75) is 38.5 Å². The Morgan fingerprint density at radius 1 is 1.09 bits per heavy atom. The number of benzene rings is 2. The van der Waals surface area contributed by atoms with E-state index < -0.39 is 30.7 Å². The van der Waals surface area contributed by atoms with Crippen molar-refractivity contribution >= 4 is 11.6 Å². The van der Waals surface area contributed by atoms with Crippen LogP contribution in [-0.4, -0.2) is 55.7 Å². The van der Waals surface area contributed by atoms with Gasteiger partial charge in [0.2, 0.25) is 5.91 Å². The second-order valence-electron chi connectivity index (χ2n) is 9.23. The lowest BCUT2D eigenvalue weighted by Crippen LogP contribution is -2.51. The number of nitriles is 1. The summed E-state index contributed by atoms with van der Waals surface area (Å²) in [4.78, 5) is 15.3. The van der Waals surface area contributed by atoms with Crippen LogP contribution in [0.15, 0.2) is 48.5 Å². The summed E-state index contributed by atoms with van der Waals surface area (Å²) in [5.41, 5.74) is 8.22. The third-order valence-electron chi connectivity index (χ3n) is 6.23. The lowest BCUT2D eigenvalue weighted by atomic mass is 9.95. The van der Waals surface area contributed by atoms with E-state index >= 15 is 0 Å². The minimum atomic E-state index is -4.70. The molecule has 0 aromatic heterocycles. The number of primary amides is 1. The number of amides is 1. The molecule has 1 saturated heterocycles. The van der Waals surface area contributed by atoms with Crippen LogP contribution >= 0.6 is 0 Å². The van der Waals surface area contributed by atoms with E-state index in [1.807, 2.05) is 24.3 Å². The normalized spacial score (nSPS) is 16.2. The number of carbonyl (C=O) groups excluding carboxylic acids is 1. The van der Waals surface area contributed by atoms with Crippen LogP contribution in [0.5, 0.6) is 0 Å². The number of rotatable bonds is 9. The highest BCUT2D eigenvalue weighted by molar-refractivity contribution is 5.80. The van der Waals surface area contributed by atoms with Crippen molar-refractivity contribution in [1.29, 1.82) is 5.26 Å². The van der Waals surface area contributed by atoms with Gasteiger partial charge in [0.1, 0.15) is 6.04 Å². The molecule has 0 bridgehead atoms. The Kier molecular flexibility index (Phi) is 8.76. The molecule has 1 aliphatic rings. The van der Waals surface area contributed by atoms with Crippen LogP contribution < -0.4 is 16.0 Å². The number of nitrogens with zero attached hydrogens (tertiary/aromatic N) is 3. The van der Waals surface area contributed by atoms with Crippen LogP contribution in [0.2, 0.25) is 0 Å². The van der Waals surface area contributed by atoms with Crippen molar-refractivity contribution in [3.63, 3.8) is 0 Å². The predicted molar refractivity (Wildman–Crippen MR) is 131 cm³/mol. The van der Waals surface area contributed by atoms with Crippen LogP contribution in [0.3, 0.4) is 0 Å². The Labute approximate surface area is 204 Å². The maximum atomic E-state index is 14.3. The standard InChI is InChI=1S/C26H32F3N5O/c1-18(2)17-23(25(31)35)34(14-11-30)24(26(27,28)29)21-5-3-19(4-6-21)20-7-9-22(10-8-20)33-15-12-32-13-16-33/h3-10,18,23-24,32H,12-17H2,1-2H3,(H2,31,35)/t23-,24?/m0/s1. The van der Waals surface area contributed by atoms with Gasteiger partial charge >= 0.3 is 6.18 Å². The zero-order chi connectivity index (χ0) is 25.6. The summed E-state index contributed by atoms with van der Waals surface area (Å²) in [6, 6.07) is 12.5. The summed E-state index contributed by atoms with van der Waals surface area (Å²) in [6.45, 7) is 6.74. The van der Waals surface area contributed by atoms with Crippen molar-refractivity contribution in [2.24, 2.45) is 11.7 Å². The molecule has 2 atom stereocenters. The van der Waals surface area contributed by atoms with Crippen LogP contribution in [0.4, 0.5) is 18.9 Å². The fourth-order valence-electron chi connectivity index (χ4n) is 4.54. The lowest BCUT2D eigenvalue weighted by Gasteiger charge is -2.37. The molecule has 0 radical (unpaired) electrons. The van der Waals surface area contributed by atoms with E-state index in [0.29, 0.717) is 0 Å². The Hall–Kier alpha value is -3.09. The molecule has 1 unspecified atom stereocenters. The highest BCUT2D eigenvalue weighted by Crippen LogP contribution is 2.40. The molecule has 0 saturated carbocycles. The SMILES string of the molecule is CC(C)C[C@@H](C(N)=O)N(CC#N)C(c1ccc(-c2ccc(N3CCNCC3)cc2)cc1)C(F)(F)F. The monoisotopic (exact) mass is 487 g/mol. The van der Waals surface area contributed by atoms with Gasteiger partial charge in [-0.15, -0.1) is 0 Å². The summed E-state index contributed by atoms with van der Waals surface area (Å²) < 4.78 is 42.8. The molecule has 35 heavy (non-hydrogen) atoms. The summed E-state index contributed by atoms with van der Waals surface area (Å²) in [6.07, 6.45) is -4.57. The zero-order valence-corrected chi connectivity index (χ0v) is 20.1. The number of piperazine rings is 1. The lowest BCUT2D eigenvalue weighted by molar-refractivity contribution is -0.192. The maximum Gasteiger partial charge on any atom is 0.408 e. The Balaban J connectivity index is 1.89. The molecule has 1 amide bonds. The maximum absolute atomic E-state index is 14.3. The van der Waals surface area contributed by atoms with Crippen molar-refractivity contribution in [2.75, 3.05) is 37.6 Å². The van der Waals surface area contributed by atoms with Gasteiger partial charge < -0.3 is 16.0 Å². The second-order valence-corrected chi connectivity index (χ2v) is 9.23. The molecule has 6 nitrogen and oxygen atoms in total. The third kappa shape index (κ3) is 6.74. The zero-order valence-electron chi connectivity index (χ0n) is 20.1. The second kappa shape index (κ2) is 11.6. The van der Waals surface area contributed by atoms with E-state index in [4.69, 9.17) is 5.73 Å². The van der Waals surface area contributed by atoms with Gasteiger partial charge in [0.25, 0.3) is 0 Å². The molecule has 3 N–H and O–H groups in total. The van der Waals surface area contributed by atoms with Crippen molar-refractivity contribution in [1.82, 2.24) is 10.2 Å². The van der Waals surface area contributed by atoms with Crippen molar-refractivity contribution in [3.8, 4) is 17.2 Å². The van der Waals surface area contributed by atoms with Crippen LogP contribution in [-0.2, 0) is 4.79 Å². The highest BCUT2D eigenvalue weighted by Gasteiger charge is 2.47. The number of anilines is 1. The van der Waals surface area contributed by atoms with Crippen molar-refractivity contribution in [3.05, 3.63) is 54.1 Å². The first-order valence-corrected chi connectivity index (χ1v) is 11.8. The molecule has 0 spiro atoms. The third-order valence-corrected chi connectivity index (χ3v) is 6.23. The molecule has 1 fully saturated rings. The topological polar surface area (TPSA) is 85.4 Å². The highest BCUT2D eigenvalue weighted by atomic mass is 19.4. The van der Waals surface area contributed by atoms with Gasteiger partial charge in [-0.05, 0) is 41.2 Å². The minimum absolute atomic E-state index is 0.0380. The van der Waals surface area contributed by atoms with E-state index in [2.05, 4.69) is 10.2 Å². The number of nitrogens with one attached hydrogen (secondary N) is 1. The van der Waals surface area contributed by atoms with Crippen LogP contribution in [0, 0.1) is 17.2 Å². The minimum Gasteiger partial charge on any atom is -0.369 e. The number of alkyl halides is 3. The molecule has 1 heterocycles. The summed E-state index contributed by atoms with van der Waals surface area (Å²) in [5.74, 6) is -0.946. The van der Waals surface area contributed by atoms with E-state index in [1.54, 1.807) is 32.0 Å². The quantitative estimate of drug-likeness (QED) is 0.521. The van der Waals surface area contributed by atoms with Gasteiger partial charge in [-0.1, -0.05) is 50.2 Å². The molecule has 188 valence electrons. The number of hydrogen-bond donors (Lipinski definition) is 2. The van der Waals surface area contributed by atoms with E-state index in [-0.39, 0.29) is 17.9 Å². The molecule has 2 aromatic carbocycles.